The number of halogens is 1. The predicted molar refractivity (Wildman–Crippen MR) is 128 cm³/mol. The second-order valence-electron chi connectivity index (χ2n) is 7.23. The average molecular weight is 496 g/mol. The van der Waals surface area contributed by atoms with Crippen LogP contribution >= 0.6 is 24.0 Å². The van der Waals surface area contributed by atoms with Crippen molar-refractivity contribution < 1.29 is 4.79 Å². The summed E-state index contributed by atoms with van der Waals surface area (Å²) in [7, 11) is 0. The largest absolute Gasteiger partial charge is 0.356 e. The Hall–Kier alpha value is -1.57. The molecule has 0 bridgehead atoms. The van der Waals surface area contributed by atoms with Gasteiger partial charge in [-0.05, 0) is 44.7 Å². The van der Waals surface area contributed by atoms with E-state index in [2.05, 4.69) is 53.6 Å². The van der Waals surface area contributed by atoms with Crippen LogP contribution in [0.2, 0.25) is 0 Å². The molecule has 5 nitrogen and oxygen atoms in total. The topological polar surface area (TPSA) is 47.9 Å². The molecule has 1 saturated heterocycles. The van der Waals surface area contributed by atoms with Gasteiger partial charge in [0, 0.05) is 50.7 Å². The lowest BCUT2D eigenvalue weighted by molar-refractivity contribution is -0.127. The lowest BCUT2D eigenvalue weighted by atomic mass is 9.98. The van der Waals surface area contributed by atoms with Crippen molar-refractivity contribution in [1.82, 2.24) is 10.2 Å². The SMILES string of the molecule is C/C=C/CCN=C(NCC)N1CC(CCN2CCCC2=O)c2ccccc21.I. The summed E-state index contributed by atoms with van der Waals surface area (Å²) in [6, 6.07) is 8.64. The average Bonchev–Trinajstić information content (AvgIpc) is 3.26. The number of para-hydroxylation sites is 1. The molecule has 0 saturated carbocycles. The Morgan fingerprint density at radius 1 is 1.36 bits per heavy atom. The Morgan fingerprint density at radius 3 is 2.89 bits per heavy atom. The van der Waals surface area contributed by atoms with E-state index in [1.54, 1.807) is 0 Å². The second-order valence-corrected chi connectivity index (χ2v) is 7.23. The molecule has 0 aliphatic carbocycles. The minimum atomic E-state index is 0. The number of allylic oxidation sites excluding steroid dienone is 1. The van der Waals surface area contributed by atoms with E-state index in [0.29, 0.717) is 11.8 Å². The van der Waals surface area contributed by atoms with E-state index in [0.717, 1.165) is 64.4 Å². The van der Waals surface area contributed by atoms with Gasteiger partial charge in [-0.1, -0.05) is 30.4 Å². The molecule has 3 rings (SSSR count). The molecule has 1 aromatic carbocycles. The van der Waals surface area contributed by atoms with Gasteiger partial charge in [0.25, 0.3) is 0 Å². The normalized spacial score (nSPS) is 19.3. The molecule has 1 aromatic rings. The highest BCUT2D eigenvalue weighted by Crippen LogP contribution is 2.38. The molecule has 6 heteroatoms. The van der Waals surface area contributed by atoms with E-state index in [-0.39, 0.29) is 24.0 Å². The van der Waals surface area contributed by atoms with Gasteiger partial charge in [0.15, 0.2) is 5.96 Å². The summed E-state index contributed by atoms with van der Waals surface area (Å²) in [6.45, 7) is 8.51. The Morgan fingerprint density at radius 2 is 2.18 bits per heavy atom. The van der Waals surface area contributed by atoms with Crippen LogP contribution in [-0.4, -0.2) is 49.5 Å². The van der Waals surface area contributed by atoms with Crippen LogP contribution in [-0.2, 0) is 4.79 Å². The molecule has 2 aliphatic rings. The van der Waals surface area contributed by atoms with E-state index in [1.165, 1.54) is 11.3 Å². The van der Waals surface area contributed by atoms with Crippen LogP contribution < -0.4 is 10.2 Å². The van der Waals surface area contributed by atoms with Crippen LogP contribution in [0.5, 0.6) is 0 Å². The third kappa shape index (κ3) is 5.49. The van der Waals surface area contributed by atoms with Gasteiger partial charge in [-0.2, -0.15) is 0 Å². The number of rotatable bonds is 7. The number of benzene rings is 1. The number of likely N-dealkylation sites (tertiary alicyclic amines) is 1. The fraction of sp³-hybridized carbons (Fsp3) is 0.545. The first-order valence-electron chi connectivity index (χ1n) is 10.3. The summed E-state index contributed by atoms with van der Waals surface area (Å²) in [5, 5.41) is 3.45. The molecular formula is C22H33IN4O. The second kappa shape index (κ2) is 11.4. The number of aliphatic imine (C=N–C) groups is 1. The molecule has 1 atom stereocenters. The zero-order chi connectivity index (χ0) is 19.1. The Kier molecular flexibility index (Phi) is 9.28. The molecule has 0 aromatic heterocycles. The van der Waals surface area contributed by atoms with Crippen LogP contribution in [0, 0.1) is 0 Å². The van der Waals surface area contributed by atoms with Crippen LogP contribution in [0.1, 0.15) is 51.0 Å². The van der Waals surface area contributed by atoms with Gasteiger partial charge in [-0.15, -0.1) is 24.0 Å². The van der Waals surface area contributed by atoms with Crippen molar-refractivity contribution in [3.8, 4) is 0 Å². The summed E-state index contributed by atoms with van der Waals surface area (Å²) >= 11 is 0. The van der Waals surface area contributed by atoms with E-state index in [4.69, 9.17) is 4.99 Å². The van der Waals surface area contributed by atoms with Crippen molar-refractivity contribution in [1.29, 1.82) is 0 Å². The minimum absolute atomic E-state index is 0. The number of nitrogens with one attached hydrogen (secondary N) is 1. The van der Waals surface area contributed by atoms with Gasteiger partial charge in [0.1, 0.15) is 0 Å². The maximum atomic E-state index is 11.9. The third-order valence-electron chi connectivity index (χ3n) is 5.37. The number of anilines is 1. The lowest BCUT2D eigenvalue weighted by Gasteiger charge is -2.23. The van der Waals surface area contributed by atoms with Crippen LogP contribution in [0.3, 0.4) is 0 Å². The molecule has 0 radical (unpaired) electrons. The van der Waals surface area contributed by atoms with Crippen molar-refractivity contribution >= 4 is 41.5 Å². The number of hydrogen-bond donors (Lipinski definition) is 1. The highest BCUT2D eigenvalue weighted by molar-refractivity contribution is 14.0. The fourth-order valence-electron chi connectivity index (χ4n) is 4.00. The number of carbonyl (C=O) groups is 1. The number of carbonyl (C=O) groups excluding carboxylic acids is 1. The van der Waals surface area contributed by atoms with E-state index in [9.17, 15) is 4.79 Å². The molecule has 1 fully saturated rings. The zero-order valence-electron chi connectivity index (χ0n) is 17.1. The lowest BCUT2D eigenvalue weighted by Crippen LogP contribution is -2.41. The van der Waals surface area contributed by atoms with Gasteiger partial charge in [-0.3, -0.25) is 9.79 Å². The van der Waals surface area contributed by atoms with Crippen LogP contribution in [0.15, 0.2) is 41.4 Å². The number of amides is 1. The number of hydrogen-bond acceptors (Lipinski definition) is 2. The number of nitrogens with zero attached hydrogens (tertiary/aromatic N) is 3. The van der Waals surface area contributed by atoms with Crippen molar-refractivity contribution in [2.75, 3.05) is 37.6 Å². The summed E-state index contributed by atoms with van der Waals surface area (Å²) in [6.07, 6.45) is 7.93. The molecule has 1 N–H and O–H groups in total. The highest BCUT2D eigenvalue weighted by Gasteiger charge is 2.31. The quantitative estimate of drug-likeness (QED) is 0.203. The maximum absolute atomic E-state index is 11.9. The first kappa shape index (κ1) is 22.7. The summed E-state index contributed by atoms with van der Waals surface area (Å²) < 4.78 is 0. The highest BCUT2D eigenvalue weighted by atomic mass is 127. The minimum Gasteiger partial charge on any atom is -0.356 e. The van der Waals surface area contributed by atoms with Gasteiger partial charge in [-0.25, -0.2) is 0 Å². The molecule has 0 spiro atoms. The Bertz CT molecular complexity index is 704. The summed E-state index contributed by atoms with van der Waals surface area (Å²) in [5.74, 6) is 1.72. The van der Waals surface area contributed by atoms with Gasteiger partial charge < -0.3 is 15.1 Å². The Labute approximate surface area is 186 Å². The van der Waals surface area contributed by atoms with E-state index >= 15 is 0 Å². The first-order valence-corrected chi connectivity index (χ1v) is 10.3. The molecule has 154 valence electrons. The third-order valence-corrected chi connectivity index (χ3v) is 5.37. The summed E-state index contributed by atoms with van der Waals surface area (Å²) in [5.41, 5.74) is 2.63. The van der Waals surface area contributed by atoms with Crippen molar-refractivity contribution in [3.05, 3.63) is 42.0 Å². The smallest absolute Gasteiger partial charge is 0.222 e. The monoisotopic (exact) mass is 496 g/mol. The van der Waals surface area contributed by atoms with Gasteiger partial charge >= 0.3 is 0 Å². The van der Waals surface area contributed by atoms with E-state index < -0.39 is 0 Å². The molecule has 2 aliphatic heterocycles. The first-order chi connectivity index (χ1) is 13.2. The van der Waals surface area contributed by atoms with Crippen LogP contribution in [0.4, 0.5) is 5.69 Å². The Balaban J connectivity index is 0.00000280. The maximum Gasteiger partial charge on any atom is 0.222 e. The van der Waals surface area contributed by atoms with Crippen molar-refractivity contribution in [2.24, 2.45) is 4.99 Å². The van der Waals surface area contributed by atoms with Crippen molar-refractivity contribution in [2.45, 2.75) is 45.4 Å². The molecule has 1 unspecified atom stereocenters. The van der Waals surface area contributed by atoms with Gasteiger partial charge in [0.05, 0.1) is 0 Å². The number of fused-ring (bicyclic) bond motifs is 1. The van der Waals surface area contributed by atoms with Gasteiger partial charge in [0.2, 0.25) is 5.91 Å². The molecular weight excluding hydrogens is 463 g/mol. The summed E-state index contributed by atoms with van der Waals surface area (Å²) in [4.78, 5) is 21.1. The van der Waals surface area contributed by atoms with E-state index in [1.807, 2.05) is 11.8 Å². The molecule has 2 heterocycles. The standard InChI is InChI=1S/C22H32N4O.HI/c1-3-5-8-14-24-22(23-4-2)26-17-18(19-10-6-7-11-20(19)26)13-16-25-15-9-12-21(25)27;/h3,5-7,10-11,18H,4,8-9,12-17H2,1-2H3,(H,23,24);1H/b5-3+;. The molecule has 1 amide bonds. The number of guanidine groups is 1. The zero-order valence-corrected chi connectivity index (χ0v) is 19.4. The van der Waals surface area contributed by atoms with Crippen molar-refractivity contribution in [3.63, 3.8) is 0 Å². The fourth-order valence-corrected chi connectivity index (χ4v) is 4.00. The molecule has 28 heavy (non-hydrogen) atoms. The predicted octanol–water partition coefficient (Wildman–Crippen LogP) is 4.15. The van der Waals surface area contributed by atoms with Crippen LogP contribution in [0.25, 0.3) is 0 Å².